The van der Waals surface area contributed by atoms with Crippen LogP contribution in [0.5, 0.6) is 0 Å². The number of carboxylic acid groups (broad SMARTS) is 1. The Labute approximate surface area is 107 Å². The summed E-state index contributed by atoms with van der Waals surface area (Å²) in [6.07, 6.45) is 0. The van der Waals surface area contributed by atoms with Crippen molar-refractivity contribution in [2.45, 2.75) is 32.4 Å². The molecule has 4 heteroatoms. The number of aliphatic carboxylic acids is 1. The SMILES string of the molecule is CC(c1cccc(C#N)c1)N(C)C(C)(C)C(=O)O. The van der Waals surface area contributed by atoms with Crippen LogP contribution in [0.4, 0.5) is 0 Å². The molecular weight excluding hydrogens is 228 g/mol. The van der Waals surface area contributed by atoms with Gasteiger partial charge in [0.15, 0.2) is 0 Å². The first-order valence-electron chi connectivity index (χ1n) is 5.77. The van der Waals surface area contributed by atoms with Gasteiger partial charge in [-0.2, -0.15) is 5.26 Å². The maximum atomic E-state index is 11.2. The summed E-state index contributed by atoms with van der Waals surface area (Å²) in [6.45, 7) is 5.27. The highest BCUT2D eigenvalue weighted by Gasteiger charge is 2.35. The molecule has 0 aliphatic carbocycles. The highest BCUT2D eigenvalue weighted by Crippen LogP contribution is 2.26. The van der Waals surface area contributed by atoms with Crippen LogP contribution in [0.1, 0.15) is 37.9 Å². The molecular formula is C14H18N2O2. The number of nitrogens with zero attached hydrogens (tertiary/aromatic N) is 2. The molecule has 0 saturated heterocycles. The third kappa shape index (κ3) is 2.69. The lowest BCUT2D eigenvalue weighted by Crippen LogP contribution is -2.48. The van der Waals surface area contributed by atoms with Gasteiger partial charge in [-0.25, -0.2) is 0 Å². The van der Waals surface area contributed by atoms with Gasteiger partial charge in [-0.1, -0.05) is 12.1 Å². The van der Waals surface area contributed by atoms with E-state index >= 15 is 0 Å². The first kappa shape index (κ1) is 14.2. The zero-order chi connectivity index (χ0) is 13.9. The van der Waals surface area contributed by atoms with Crippen molar-refractivity contribution in [3.63, 3.8) is 0 Å². The van der Waals surface area contributed by atoms with E-state index in [2.05, 4.69) is 6.07 Å². The van der Waals surface area contributed by atoms with E-state index in [0.29, 0.717) is 5.56 Å². The van der Waals surface area contributed by atoms with E-state index in [9.17, 15) is 9.90 Å². The Morgan fingerprint density at radius 2 is 2.11 bits per heavy atom. The molecule has 1 N–H and O–H groups in total. The van der Waals surface area contributed by atoms with Gasteiger partial charge in [-0.05, 0) is 45.5 Å². The third-order valence-corrected chi connectivity index (χ3v) is 3.48. The zero-order valence-electron chi connectivity index (χ0n) is 11.1. The van der Waals surface area contributed by atoms with Crippen LogP contribution in [0.3, 0.4) is 0 Å². The number of benzene rings is 1. The molecule has 0 fully saturated rings. The number of likely N-dealkylation sites (N-methyl/N-ethyl adjacent to an activating group) is 1. The Morgan fingerprint density at radius 3 is 2.61 bits per heavy atom. The molecule has 1 aromatic rings. The molecule has 1 rings (SSSR count). The lowest BCUT2D eigenvalue weighted by Gasteiger charge is -2.36. The molecule has 0 bridgehead atoms. The van der Waals surface area contributed by atoms with Crippen LogP contribution >= 0.6 is 0 Å². The van der Waals surface area contributed by atoms with Crippen molar-refractivity contribution >= 4 is 5.97 Å². The summed E-state index contributed by atoms with van der Waals surface area (Å²) in [5, 5.41) is 18.1. The monoisotopic (exact) mass is 246 g/mol. The number of nitriles is 1. The first-order chi connectivity index (χ1) is 8.30. The Balaban J connectivity index is 3.03. The van der Waals surface area contributed by atoms with E-state index in [4.69, 9.17) is 5.26 Å². The van der Waals surface area contributed by atoms with E-state index in [1.807, 2.05) is 19.1 Å². The number of hydrogen-bond acceptors (Lipinski definition) is 3. The van der Waals surface area contributed by atoms with Gasteiger partial charge < -0.3 is 5.11 Å². The van der Waals surface area contributed by atoms with Crippen LogP contribution in [0, 0.1) is 11.3 Å². The fourth-order valence-corrected chi connectivity index (χ4v) is 1.73. The van der Waals surface area contributed by atoms with E-state index in [0.717, 1.165) is 5.56 Å². The van der Waals surface area contributed by atoms with Gasteiger partial charge in [0.05, 0.1) is 11.6 Å². The van der Waals surface area contributed by atoms with Crippen LogP contribution in [-0.2, 0) is 4.79 Å². The smallest absolute Gasteiger partial charge is 0.323 e. The molecule has 0 aliphatic rings. The summed E-state index contributed by atoms with van der Waals surface area (Å²) in [5.74, 6) is -0.867. The second-order valence-corrected chi connectivity index (χ2v) is 4.89. The summed E-state index contributed by atoms with van der Waals surface area (Å²) in [5.41, 5.74) is 0.564. The molecule has 4 nitrogen and oxygen atoms in total. The lowest BCUT2D eigenvalue weighted by molar-refractivity contribution is -0.149. The maximum Gasteiger partial charge on any atom is 0.323 e. The Kier molecular flexibility index (Phi) is 4.10. The van der Waals surface area contributed by atoms with Crippen LogP contribution in [0.25, 0.3) is 0 Å². The van der Waals surface area contributed by atoms with Crippen molar-refractivity contribution in [3.05, 3.63) is 35.4 Å². The third-order valence-electron chi connectivity index (χ3n) is 3.48. The Hall–Kier alpha value is -1.86. The van der Waals surface area contributed by atoms with E-state index in [-0.39, 0.29) is 6.04 Å². The van der Waals surface area contributed by atoms with Crippen molar-refractivity contribution in [2.24, 2.45) is 0 Å². The molecule has 0 amide bonds. The van der Waals surface area contributed by atoms with E-state index in [1.54, 1.807) is 37.9 Å². The molecule has 0 aromatic heterocycles. The van der Waals surface area contributed by atoms with Crippen molar-refractivity contribution in [1.82, 2.24) is 4.90 Å². The second-order valence-electron chi connectivity index (χ2n) is 4.89. The minimum atomic E-state index is -0.956. The Bertz CT molecular complexity index is 489. The van der Waals surface area contributed by atoms with Gasteiger partial charge in [-0.15, -0.1) is 0 Å². The molecule has 1 aromatic carbocycles. The van der Waals surface area contributed by atoms with Crippen LogP contribution in [0.15, 0.2) is 24.3 Å². The van der Waals surface area contributed by atoms with E-state index < -0.39 is 11.5 Å². The summed E-state index contributed by atoms with van der Waals surface area (Å²) in [4.78, 5) is 13.0. The molecule has 0 heterocycles. The molecule has 0 aliphatic heterocycles. The van der Waals surface area contributed by atoms with Crippen molar-refractivity contribution in [1.29, 1.82) is 5.26 Å². The van der Waals surface area contributed by atoms with E-state index in [1.165, 1.54) is 0 Å². The van der Waals surface area contributed by atoms with Gasteiger partial charge >= 0.3 is 5.97 Å². The van der Waals surface area contributed by atoms with Crippen LogP contribution in [-0.4, -0.2) is 28.6 Å². The molecule has 18 heavy (non-hydrogen) atoms. The average molecular weight is 246 g/mol. The largest absolute Gasteiger partial charge is 0.480 e. The highest BCUT2D eigenvalue weighted by molar-refractivity contribution is 5.77. The maximum absolute atomic E-state index is 11.2. The molecule has 0 radical (unpaired) electrons. The molecule has 1 atom stereocenters. The minimum Gasteiger partial charge on any atom is -0.480 e. The quantitative estimate of drug-likeness (QED) is 0.886. The second kappa shape index (κ2) is 5.19. The van der Waals surface area contributed by atoms with Crippen molar-refractivity contribution in [2.75, 3.05) is 7.05 Å². The topological polar surface area (TPSA) is 64.3 Å². The number of hydrogen-bond donors (Lipinski definition) is 1. The molecule has 0 saturated carbocycles. The predicted octanol–water partition coefficient (Wildman–Crippen LogP) is 2.41. The normalized spacial score (nSPS) is 13.1. The van der Waals surface area contributed by atoms with Crippen LogP contribution < -0.4 is 0 Å². The van der Waals surface area contributed by atoms with Gasteiger partial charge in [0.1, 0.15) is 5.54 Å². The fraction of sp³-hybridized carbons (Fsp3) is 0.429. The van der Waals surface area contributed by atoms with Gasteiger partial charge in [0.2, 0.25) is 0 Å². The van der Waals surface area contributed by atoms with Crippen LogP contribution in [0.2, 0.25) is 0 Å². The standard InChI is InChI=1S/C14H18N2O2/c1-10(16(4)14(2,3)13(17)18)12-7-5-6-11(8-12)9-15/h5-8,10H,1-4H3,(H,17,18). The summed E-state index contributed by atoms with van der Waals surface area (Å²) < 4.78 is 0. The fourth-order valence-electron chi connectivity index (χ4n) is 1.73. The summed E-state index contributed by atoms with van der Waals surface area (Å²) in [6, 6.07) is 9.25. The van der Waals surface area contributed by atoms with Gasteiger partial charge in [0.25, 0.3) is 0 Å². The van der Waals surface area contributed by atoms with Gasteiger partial charge in [0, 0.05) is 6.04 Å². The highest BCUT2D eigenvalue weighted by atomic mass is 16.4. The number of carboxylic acids is 1. The van der Waals surface area contributed by atoms with Crippen molar-refractivity contribution in [3.8, 4) is 6.07 Å². The molecule has 0 spiro atoms. The van der Waals surface area contributed by atoms with Gasteiger partial charge in [-0.3, -0.25) is 9.69 Å². The lowest BCUT2D eigenvalue weighted by atomic mass is 9.97. The Morgan fingerprint density at radius 1 is 1.50 bits per heavy atom. The minimum absolute atomic E-state index is 0.0793. The summed E-state index contributed by atoms with van der Waals surface area (Å²) in [7, 11) is 1.78. The number of rotatable bonds is 4. The first-order valence-corrected chi connectivity index (χ1v) is 5.77. The van der Waals surface area contributed by atoms with Crippen molar-refractivity contribution < 1.29 is 9.90 Å². The summed E-state index contributed by atoms with van der Waals surface area (Å²) >= 11 is 0. The number of carbonyl (C=O) groups is 1. The zero-order valence-corrected chi connectivity index (χ0v) is 11.1. The molecule has 96 valence electrons. The molecule has 1 unspecified atom stereocenters. The average Bonchev–Trinajstić information content (AvgIpc) is 2.36. The predicted molar refractivity (Wildman–Crippen MR) is 69.0 cm³/mol.